The van der Waals surface area contributed by atoms with Gasteiger partial charge in [0, 0.05) is 37.3 Å². The Balaban J connectivity index is 1.27. The molecule has 6 N–H and O–H groups in total. The highest BCUT2D eigenvalue weighted by molar-refractivity contribution is 8.77. The van der Waals surface area contributed by atoms with Crippen molar-refractivity contribution in [1.29, 1.82) is 0 Å². The summed E-state index contributed by atoms with van der Waals surface area (Å²) in [6, 6.07) is 0. The quantitative estimate of drug-likeness (QED) is 0.243. The summed E-state index contributed by atoms with van der Waals surface area (Å²) in [7, 11) is 4.12. The lowest BCUT2D eigenvalue weighted by atomic mass is 9.47. The first kappa shape index (κ1) is 31.2. The zero-order chi connectivity index (χ0) is 30.7. The lowest BCUT2D eigenvalue weighted by Crippen LogP contribution is -2.67. The number of aliphatic imine (C=N–C) groups is 1. The van der Waals surface area contributed by atoms with Crippen LogP contribution in [0, 0.1) is 40.4 Å². The summed E-state index contributed by atoms with van der Waals surface area (Å²) < 4.78 is -0.0425. The van der Waals surface area contributed by atoms with Crippen molar-refractivity contribution < 1.29 is 20.1 Å². The number of fused-ring (bicyclic) bond motifs is 2. The number of nitrogens with zero attached hydrogens (tertiary/aromatic N) is 1. The highest BCUT2D eigenvalue weighted by Crippen LogP contribution is 2.75. The molecule has 5 bridgehead atoms. The van der Waals surface area contributed by atoms with E-state index in [-0.39, 0.29) is 46.2 Å². The molecular weight excluding hydrogens is 591 g/mol. The van der Waals surface area contributed by atoms with E-state index in [2.05, 4.69) is 40.2 Å². The summed E-state index contributed by atoms with van der Waals surface area (Å²) in [5.74, 6) is 4.01. The second-order valence-electron chi connectivity index (χ2n) is 15.2. The van der Waals surface area contributed by atoms with Crippen molar-refractivity contribution in [2.45, 2.75) is 101 Å². The fraction of sp³-hybridized carbons (Fsp3) is 0.771. The van der Waals surface area contributed by atoms with E-state index in [0.717, 1.165) is 94.9 Å². The van der Waals surface area contributed by atoms with Gasteiger partial charge in [-0.05, 0) is 130 Å². The molecule has 2 heterocycles. The number of carbonyl (C=O) groups excluding carboxylic acids is 1. The Hall–Kier alpha value is -1.42. The van der Waals surface area contributed by atoms with Gasteiger partial charge in [0.05, 0.1) is 10.3 Å². The van der Waals surface area contributed by atoms with Crippen LogP contribution in [0.3, 0.4) is 0 Å². The molecule has 3 fully saturated rings. The number of aliphatic hydroxyl groups excluding tert-OH is 3. The Morgan fingerprint density at radius 1 is 1.18 bits per heavy atom. The van der Waals surface area contributed by atoms with Gasteiger partial charge in [-0.2, -0.15) is 0 Å². The van der Waals surface area contributed by atoms with E-state index in [1.807, 2.05) is 16.9 Å². The summed E-state index contributed by atoms with van der Waals surface area (Å²) in [4.78, 5) is 18.7. The third-order valence-corrected chi connectivity index (χ3v) is 17.0. The van der Waals surface area contributed by atoms with E-state index in [9.17, 15) is 20.1 Å². The van der Waals surface area contributed by atoms with E-state index >= 15 is 0 Å². The zero-order valence-electron chi connectivity index (χ0n) is 26.2. The number of aliphatic hydroxyl groups is 3. The van der Waals surface area contributed by atoms with Crippen molar-refractivity contribution in [1.82, 2.24) is 5.32 Å². The Morgan fingerprint density at radius 3 is 2.84 bits per heavy atom. The van der Waals surface area contributed by atoms with E-state index in [4.69, 9.17) is 5.73 Å². The summed E-state index contributed by atoms with van der Waals surface area (Å²) in [5.41, 5.74) is 8.64. The van der Waals surface area contributed by atoms with Gasteiger partial charge in [0.15, 0.2) is 11.7 Å². The molecular formula is C35H51N3O4S2. The van der Waals surface area contributed by atoms with Crippen LogP contribution in [-0.4, -0.2) is 62.9 Å². The van der Waals surface area contributed by atoms with Crippen molar-refractivity contribution >= 4 is 33.3 Å². The van der Waals surface area contributed by atoms with Gasteiger partial charge in [0.1, 0.15) is 5.76 Å². The molecule has 0 aromatic carbocycles. The molecule has 44 heavy (non-hydrogen) atoms. The molecule has 0 aromatic rings. The van der Waals surface area contributed by atoms with Gasteiger partial charge in [-0.1, -0.05) is 40.2 Å². The molecule has 0 unspecified atom stereocenters. The van der Waals surface area contributed by atoms with Crippen molar-refractivity contribution in [3.63, 3.8) is 0 Å². The summed E-state index contributed by atoms with van der Waals surface area (Å²) in [5, 5.41) is 34.5. The standard InChI is InChI=1S/C35H51N3O4S2/c1-32-12-15-43-44-34(10-8-22-17-26(41)7-6-23(22)19-34)33(11-13-37-31(36)38-33)9-2-4-27-29-18-25(32)16-24(21-40)28(5-3-14-39)35(29,32)20-30(27)42/h6-7,17,22-25,28,39-41H,2-5,8-16,18-21H2,1H3,(H3,36,37,38)/t22-,23-,24-,25-,28-,32+,33+,34+,35+/m1/s1. The first-order chi connectivity index (χ1) is 21.2. The molecule has 0 radical (unpaired) electrons. The highest BCUT2D eigenvalue weighted by Gasteiger charge is 2.70. The predicted octanol–water partition coefficient (Wildman–Crippen LogP) is 5.84. The largest absolute Gasteiger partial charge is 0.508 e. The zero-order valence-corrected chi connectivity index (χ0v) is 27.9. The predicted molar refractivity (Wildman–Crippen MR) is 179 cm³/mol. The topological polar surface area (TPSA) is 128 Å². The number of allylic oxidation sites excluding steroid dienone is 5. The van der Waals surface area contributed by atoms with Crippen molar-refractivity contribution in [2.24, 2.45) is 51.1 Å². The molecule has 242 valence electrons. The minimum atomic E-state index is -0.207. The summed E-state index contributed by atoms with van der Waals surface area (Å²) in [6.45, 7) is 3.54. The Kier molecular flexibility index (Phi) is 8.28. The molecule has 7 nitrogen and oxygen atoms in total. The molecule has 3 spiro atoms. The second kappa shape index (κ2) is 11.7. The number of nitrogens with one attached hydrogen (secondary N) is 1. The van der Waals surface area contributed by atoms with Gasteiger partial charge >= 0.3 is 0 Å². The number of ketones is 1. The summed E-state index contributed by atoms with van der Waals surface area (Å²) in [6.07, 6.45) is 18.2. The van der Waals surface area contributed by atoms with Crippen LogP contribution in [0.15, 0.2) is 40.1 Å². The molecule has 0 aromatic heterocycles. The van der Waals surface area contributed by atoms with Crippen LogP contribution in [0.5, 0.6) is 0 Å². The van der Waals surface area contributed by atoms with Crippen LogP contribution in [-0.2, 0) is 4.79 Å². The molecule has 3 saturated carbocycles. The molecule has 7 aliphatic rings. The van der Waals surface area contributed by atoms with Gasteiger partial charge in [0.2, 0.25) is 0 Å². The minimum Gasteiger partial charge on any atom is -0.508 e. The maximum absolute atomic E-state index is 14.1. The Bertz CT molecular complexity index is 1300. The van der Waals surface area contributed by atoms with Crippen molar-refractivity contribution in [3.8, 4) is 0 Å². The molecule has 9 heteroatoms. The highest BCUT2D eigenvalue weighted by atomic mass is 33.1. The Morgan fingerprint density at radius 2 is 2.05 bits per heavy atom. The van der Waals surface area contributed by atoms with Gasteiger partial charge in [0.25, 0.3) is 0 Å². The number of carbonyl (C=O) groups is 1. The molecule has 0 saturated heterocycles. The van der Waals surface area contributed by atoms with Crippen molar-refractivity contribution in [2.75, 3.05) is 25.5 Å². The normalized spacial score (nSPS) is 45.2. The maximum atomic E-state index is 14.1. The first-order valence-electron chi connectivity index (χ1n) is 17.2. The molecule has 2 aliphatic heterocycles. The van der Waals surface area contributed by atoms with E-state index in [1.165, 1.54) is 5.57 Å². The SMILES string of the molecule is C[C@]12CCSS[C@]3(CC[C@@H]4C=C(O)C=C[C@@H]4C3)[C@]3(CCCC4=C5C[C@H]1C[C@H](CO)[C@@H](CCCO)[C@@]52CC4=O)CCN=C(N)N3. The molecule has 5 aliphatic carbocycles. The maximum Gasteiger partial charge on any atom is 0.189 e. The summed E-state index contributed by atoms with van der Waals surface area (Å²) >= 11 is 0. The minimum absolute atomic E-state index is 0.0181. The number of guanidine groups is 1. The van der Waals surface area contributed by atoms with Crippen LogP contribution < -0.4 is 11.1 Å². The van der Waals surface area contributed by atoms with Gasteiger partial charge < -0.3 is 26.4 Å². The van der Waals surface area contributed by atoms with E-state index < -0.39 is 0 Å². The van der Waals surface area contributed by atoms with Crippen LogP contribution in [0.2, 0.25) is 0 Å². The molecule has 9 atom stereocenters. The fourth-order valence-electron chi connectivity index (χ4n) is 11.6. The Labute approximate surface area is 270 Å². The third-order valence-electron chi connectivity index (χ3n) is 13.7. The number of Topliss-reactive ketones (excluding diaryl/α,β-unsaturated/α-hetero) is 1. The number of hydrogen-bond acceptors (Lipinski definition) is 9. The van der Waals surface area contributed by atoms with Crippen LogP contribution in [0.4, 0.5) is 0 Å². The average molecular weight is 642 g/mol. The number of nitrogens with two attached hydrogens (primary N) is 1. The second-order valence-corrected chi connectivity index (χ2v) is 18.0. The van der Waals surface area contributed by atoms with E-state index in [1.54, 1.807) is 0 Å². The van der Waals surface area contributed by atoms with Gasteiger partial charge in [-0.15, -0.1) is 0 Å². The van der Waals surface area contributed by atoms with Gasteiger partial charge in [-0.3, -0.25) is 9.79 Å². The van der Waals surface area contributed by atoms with Crippen LogP contribution in [0.25, 0.3) is 0 Å². The number of hydrogen-bond donors (Lipinski definition) is 5. The van der Waals surface area contributed by atoms with Crippen LogP contribution >= 0.6 is 21.6 Å². The fourth-order valence-corrected chi connectivity index (χ4v) is 15.4. The molecule has 7 rings (SSSR count). The monoisotopic (exact) mass is 641 g/mol. The lowest BCUT2D eigenvalue weighted by molar-refractivity contribution is -0.125. The smallest absolute Gasteiger partial charge is 0.189 e. The lowest BCUT2D eigenvalue weighted by Gasteiger charge is -2.57. The van der Waals surface area contributed by atoms with E-state index in [0.29, 0.717) is 41.7 Å². The third kappa shape index (κ3) is 4.60. The first-order valence-corrected chi connectivity index (χ1v) is 19.5. The average Bonchev–Trinajstić information content (AvgIpc) is 3.34. The van der Waals surface area contributed by atoms with Crippen LogP contribution in [0.1, 0.15) is 90.4 Å². The molecule has 0 amide bonds. The van der Waals surface area contributed by atoms with Gasteiger partial charge in [-0.25, -0.2) is 0 Å². The van der Waals surface area contributed by atoms with Crippen molar-refractivity contribution in [3.05, 3.63) is 35.1 Å². The number of rotatable bonds is 4.